The minimum absolute atomic E-state index is 0.182. The van der Waals surface area contributed by atoms with Crippen molar-refractivity contribution in [3.8, 4) is 5.75 Å². The lowest BCUT2D eigenvalue weighted by Gasteiger charge is -2.09. The molecule has 0 fully saturated rings. The molecule has 80 valence electrons. The summed E-state index contributed by atoms with van der Waals surface area (Å²) >= 11 is 0. The van der Waals surface area contributed by atoms with Crippen molar-refractivity contribution < 1.29 is 14.3 Å². The van der Waals surface area contributed by atoms with Crippen molar-refractivity contribution in [3.63, 3.8) is 0 Å². The second-order valence-corrected chi connectivity index (χ2v) is 3.35. The van der Waals surface area contributed by atoms with E-state index in [1.54, 1.807) is 13.0 Å². The molecule has 4 nitrogen and oxygen atoms in total. The summed E-state index contributed by atoms with van der Waals surface area (Å²) in [4.78, 5) is 22.1. The molecule has 0 amide bonds. The van der Waals surface area contributed by atoms with Gasteiger partial charge in [0.25, 0.3) is 0 Å². The Kier molecular flexibility index (Phi) is 3.09. The third-order valence-electron chi connectivity index (χ3n) is 2.00. The van der Waals surface area contributed by atoms with Gasteiger partial charge in [-0.2, -0.15) is 0 Å². The minimum Gasteiger partial charge on any atom is -0.426 e. The minimum atomic E-state index is -0.457. The van der Waals surface area contributed by atoms with Gasteiger partial charge in [0.1, 0.15) is 5.75 Å². The van der Waals surface area contributed by atoms with Gasteiger partial charge >= 0.3 is 5.97 Å². The highest BCUT2D eigenvalue weighted by atomic mass is 16.5. The summed E-state index contributed by atoms with van der Waals surface area (Å²) < 4.78 is 4.93. The topological polar surface area (TPSA) is 69.4 Å². The lowest BCUT2D eigenvalue weighted by Crippen LogP contribution is -2.07. The molecule has 0 saturated heterocycles. The fraction of sp³-hybridized carbons (Fsp3) is 0.273. The SMILES string of the molecule is CC(=O)Oc1cc(C)c(N)cc1C(C)=O. The first kappa shape index (κ1) is 11.2. The molecule has 0 radical (unpaired) electrons. The molecular formula is C11H13NO3. The van der Waals surface area contributed by atoms with E-state index in [1.165, 1.54) is 19.9 Å². The van der Waals surface area contributed by atoms with Gasteiger partial charge in [0.2, 0.25) is 0 Å². The normalized spacial score (nSPS) is 9.80. The van der Waals surface area contributed by atoms with E-state index in [4.69, 9.17) is 10.5 Å². The van der Waals surface area contributed by atoms with Crippen molar-refractivity contribution in [1.82, 2.24) is 0 Å². The zero-order chi connectivity index (χ0) is 11.6. The van der Waals surface area contributed by atoms with Gasteiger partial charge in [0, 0.05) is 12.6 Å². The summed E-state index contributed by atoms with van der Waals surface area (Å²) in [6.45, 7) is 4.47. The van der Waals surface area contributed by atoms with Gasteiger partial charge in [-0.15, -0.1) is 0 Å². The molecule has 0 unspecified atom stereocenters. The molecule has 0 aromatic heterocycles. The van der Waals surface area contributed by atoms with Crippen LogP contribution in [0.5, 0.6) is 5.75 Å². The molecule has 0 aliphatic heterocycles. The average Bonchev–Trinajstić information content (AvgIpc) is 2.09. The number of rotatable bonds is 2. The molecule has 0 heterocycles. The van der Waals surface area contributed by atoms with Gasteiger partial charge in [-0.05, 0) is 31.5 Å². The zero-order valence-electron chi connectivity index (χ0n) is 8.96. The van der Waals surface area contributed by atoms with E-state index in [1.807, 2.05) is 0 Å². The van der Waals surface area contributed by atoms with Crippen molar-refractivity contribution in [2.24, 2.45) is 0 Å². The van der Waals surface area contributed by atoms with Crippen molar-refractivity contribution in [1.29, 1.82) is 0 Å². The molecule has 0 aliphatic rings. The van der Waals surface area contributed by atoms with Crippen LogP contribution in [0.15, 0.2) is 12.1 Å². The Morgan fingerprint density at radius 2 is 1.87 bits per heavy atom. The second-order valence-electron chi connectivity index (χ2n) is 3.35. The number of hydrogen-bond donors (Lipinski definition) is 1. The summed E-state index contributed by atoms with van der Waals surface area (Å²) in [6.07, 6.45) is 0. The highest BCUT2D eigenvalue weighted by Crippen LogP contribution is 2.25. The van der Waals surface area contributed by atoms with Crippen LogP contribution in [0.1, 0.15) is 29.8 Å². The fourth-order valence-corrected chi connectivity index (χ4v) is 1.21. The Morgan fingerprint density at radius 3 is 2.33 bits per heavy atom. The Labute approximate surface area is 88.0 Å². The number of nitrogen functional groups attached to an aromatic ring is 1. The predicted molar refractivity (Wildman–Crippen MR) is 56.9 cm³/mol. The van der Waals surface area contributed by atoms with Crippen LogP contribution in [0.4, 0.5) is 5.69 Å². The number of benzene rings is 1. The quantitative estimate of drug-likeness (QED) is 0.347. The number of ketones is 1. The summed E-state index contributed by atoms with van der Waals surface area (Å²) in [5, 5.41) is 0. The highest BCUT2D eigenvalue weighted by Gasteiger charge is 2.12. The van der Waals surface area contributed by atoms with Gasteiger partial charge in [-0.25, -0.2) is 0 Å². The maximum atomic E-state index is 11.3. The molecule has 2 N–H and O–H groups in total. The standard InChI is InChI=1S/C11H13NO3/c1-6-4-11(15-8(3)14)9(7(2)13)5-10(6)12/h4-5H,12H2,1-3H3. The van der Waals surface area contributed by atoms with Crippen LogP contribution in [0.25, 0.3) is 0 Å². The molecule has 1 aromatic carbocycles. The number of nitrogens with two attached hydrogens (primary N) is 1. The van der Waals surface area contributed by atoms with Crippen molar-refractivity contribution in [3.05, 3.63) is 23.3 Å². The lowest BCUT2D eigenvalue weighted by molar-refractivity contribution is -0.131. The highest BCUT2D eigenvalue weighted by molar-refractivity contribution is 5.98. The van der Waals surface area contributed by atoms with E-state index in [9.17, 15) is 9.59 Å². The summed E-state index contributed by atoms with van der Waals surface area (Å²) in [5.41, 5.74) is 7.28. The van der Waals surface area contributed by atoms with Crippen molar-refractivity contribution in [2.45, 2.75) is 20.8 Å². The summed E-state index contributed by atoms with van der Waals surface area (Å²) in [6, 6.07) is 3.11. The first-order valence-electron chi connectivity index (χ1n) is 4.51. The van der Waals surface area contributed by atoms with Gasteiger partial charge in [-0.3, -0.25) is 9.59 Å². The molecule has 0 aliphatic carbocycles. The molecule has 0 saturated carbocycles. The molecule has 0 bridgehead atoms. The molecule has 0 spiro atoms. The average molecular weight is 207 g/mol. The molecule has 1 rings (SSSR count). The van der Waals surface area contributed by atoms with E-state index in [0.29, 0.717) is 11.3 Å². The van der Waals surface area contributed by atoms with Crippen LogP contribution in [0.2, 0.25) is 0 Å². The smallest absolute Gasteiger partial charge is 0.308 e. The van der Waals surface area contributed by atoms with Crippen LogP contribution in [0.3, 0.4) is 0 Å². The summed E-state index contributed by atoms with van der Waals surface area (Å²) in [7, 11) is 0. The molecule has 15 heavy (non-hydrogen) atoms. The van der Waals surface area contributed by atoms with Crippen LogP contribution < -0.4 is 10.5 Å². The molecule has 0 atom stereocenters. The van der Waals surface area contributed by atoms with E-state index in [-0.39, 0.29) is 11.5 Å². The number of aryl methyl sites for hydroxylation is 1. The maximum absolute atomic E-state index is 11.3. The first-order valence-corrected chi connectivity index (χ1v) is 4.51. The zero-order valence-corrected chi connectivity index (χ0v) is 8.96. The Bertz CT molecular complexity index is 424. The van der Waals surface area contributed by atoms with Crippen LogP contribution in [0, 0.1) is 6.92 Å². The van der Waals surface area contributed by atoms with Gasteiger partial charge in [-0.1, -0.05) is 0 Å². The van der Waals surface area contributed by atoms with Gasteiger partial charge in [0.15, 0.2) is 5.78 Å². The Hall–Kier alpha value is -1.84. The number of carbonyl (C=O) groups excluding carboxylic acids is 2. The Balaban J connectivity index is 3.28. The molecule has 4 heteroatoms. The summed E-state index contributed by atoms with van der Waals surface area (Å²) in [5.74, 6) is -0.374. The van der Waals surface area contributed by atoms with E-state index in [2.05, 4.69) is 0 Å². The lowest BCUT2D eigenvalue weighted by atomic mass is 10.1. The van der Waals surface area contributed by atoms with Crippen molar-refractivity contribution in [2.75, 3.05) is 5.73 Å². The van der Waals surface area contributed by atoms with E-state index in [0.717, 1.165) is 5.56 Å². The second kappa shape index (κ2) is 4.13. The third kappa shape index (κ3) is 2.56. The third-order valence-corrected chi connectivity index (χ3v) is 2.00. The largest absolute Gasteiger partial charge is 0.426 e. The maximum Gasteiger partial charge on any atom is 0.308 e. The Morgan fingerprint density at radius 1 is 1.27 bits per heavy atom. The number of hydrogen-bond acceptors (Lipinski definition) is 4. The predicted octanol–water partition coefficient (Wildman–Crippen LogP) is 1.71. The van der Waals surface area contributed by atoms with Gasteiger partial charge in [0.05, 0.1) is 5.56 Å². The fourth-order valence-electron chi connectivity index (χ4n) is 1.21. The number of ether oxygens (including phenoxy) is 1. The van der Waals surface area contributed by atoms with E-state index >= 15 is 0 Å². The number of esters is 1. The van der Waals surface area contributed by atoms with Crippen LogP contribution in [-0.4, -0.2) is 11.8 Å². The van der Waals surface area contributed by atoms with Gasteiger partial charge < -0.3 is 10.5 Å². The molecular weight excluding hydrogens is 194 g/mol. The first-order chi connectivity index (χ1) is 6.91. The molecule has 1 aromatic rings. The number of carbonyl (C=O) groups is 2. The number of anilines is 1. The van der Waals surface area contributed by atoms with Crippen LogP contribution >= 0.6 is 0 Å². The van der Waals surface area contributed by atoms with Crippen molar-refractivity contribution >= 4 is 17.4 Å². The van der Waals surface area contributed by atoms with E-state index < -0.39 is 5.97 Å². The number of Topliss-reactive ketones (excluding diaryl/α,β-unsaturated/α-hetero) is 1. The van der Waals surface area contributed by atoms with Crippen LogP contribution in [-0.2, 0) is 4.79 Å². The monoisotopic (exact) mass is 207 g/mol.